The lowest BCUT2D eigenvalue weighted by Crippen LogP contribution is -2.38. The Balaban J connectivity index is 1.40. The third-order valence-corrected chi connectivity index (χ3v) is 4.51. The van der Waals surface area contributed by atoms with Crippen molar-refractivity contribution >= 4 is 11.5 Å². The summed E-state index contributed by atoms with van der Waals surface area (Å²) < 4.78 is 1.43. The van der Waals surface area contributed by atoms with Crippen molar-refractivity contribution in [3.63, 3.8) is 0 Å². The Morgan fingerprint density at radius 1 is 1.29 bits per heavy atom. The molecule has 1 saturated heterocycles. The van der Waals surface area contributed by atoms with Gasteiger partial charge < -0.3 is 10.2 Å². The van der Waals surface area contributed by atoms with Gasteiger partial charge in [0, 0.05) is 25.2 Å². The zero-order valence-electron chi connectivity index (χ0n) is 12.0. The minimum atomic E-state index is -0.242. The largest absolute Gasteiger partial charge is 0.356 e. The van der Waals surface area contributed by atoms with Crippen LogP contribution < -0.4 is 15.9 Å². The fourth-order valence-electron chi connectivity index (χ4n) is 2.96. The normalized spacial score (nSPS) is 20.3. The zero-order valence-corrected chi connectivity index (χ0v) is 12.0. The minimum absolute atomic E-state index is 0.242. The number of H-pyrrole nitrogens is 1. The van der Waals surface area contributed by atoms with Crippen LogP contribution in [0.25, 0.3) is 5.65 Å². The maximum Gasteiger partial charge on any atom is 0.348 e. The number of fused-ring (bicyclic) bond motifs is 1. The van der Waals surface area contributed by atoms with Crippen LogP contribution in [0.1, 0.15) is 25.7 Å². The van der Waals surface area contributed by atoms with Gasteiger partial charge in [-0.3, -0.25) is 0 Å². The van der Waals surface area contributed by atoms with Crippen LogP contribution in [0.5, 0.6) is 0 Å². The van der Waals surface area contributed by atoms with Gasteiger partial charge in [0.15, 0.2) is 5.65 Å². The van der Waals surface area contributed by atoms with E-state index in [-0.39, 0.29) is 5.69 Å². The Labute approximate surface area is 122 Å². The van der Waals surface area contributed by atoms with Gasteiger partial charge in [-0.05, 0) is 38.1 Å². The van der Waals surface area contributed by atoms with E-state index in [9.17, 15) is 4.79 Å². The van der Waals surface area contributed by atoms with Crippen molar-refractivity contribution in [3.05, 3.63) is 22.9 Å². The van der Waals surface area contributed by atoms with Crippen molar-refractivity contribution < 1.29 is 0 Å². The van der Waals surface area contributed by atoms with Gasteiger partial charge in [0.25, 0.3) is 0 Å². The highest BCUT2D eigenvalue weighted by molar-refractivity contribution is 5.50. The topological polar surface area (TPSA) is 78.3 Å². The molecular formula is C14H20N6O. The second kappa shape index (κ2) is 5.14. The van der Waals surface area contributed by atoms with Gasteiger partial charge in [-0.2, -0.15) is 5.10 Å². The number of anilines is 1. The molecular weight excluding hydrogens is 268 g/mol. The van der Waals surface area contributed by atoms with E-state index in [2.05, 4.69) is 25.4 Å². The van der Waals surface area contributed by atoms with E-state index >= 15 is 0 Å². The van der Waals surface area contributed by atoms with Gasteiger partial charge in [0.1, 0.15) is 12.1 Å². The molecule has 4 rings (SSSR count). The second-order valence-corrected chi connectivity index (χ2v) is 6.12. The summed E-state index contributed by atoms with van der Waals surface area (Å²) in [7, 11) is 0. The van der Waals surface area contributed by atoms with Crippen LogP contribution in [-0.4, -0.2) is 45.3 Å². The molecule has 1 aliphatic carbocycles. The molecule has 0 amide bonds. The predicted molar refractivity (Wildman–Crippen MR) is 79.6 cm³/mol. The molecule has 2 fully saturated rings. The first-order valence-corrected chi connectivity index (χ1v) is 7.71. The van der Waals surface area contributed by atoms with E-state index < -0.39 is 0 Å². The first kappa shape index (κ1) is 12.8. The Hall–Kier alpha value is -1.89. The Bertz CT molecular complexity index is 680. The number of hydrogen-bond acceptors (Lipinski definition) is 5. The molecule has 0 bridgehead atoms. The Kier molecular flexibility index (Phi) is 3.14. The molecule has 0 radical (unpaired) electrons. The molecule has 0 aromatic carbocycles. The smallest absolute Gasteiger partial charge is 0.348 e. The number of aromatic amines is 1. The molecule has 3 heterocycles. The summed E-state index contributed by atoms with van der Waals surface area (Å²) in [4.78, 5) is 18.1. The first-order valence-electron chi connectivity index (χ1n) is 7.71. The lowest BCUT2D eigenvalue weighted by Gasteiger charge is -2.32. The molecule has 0 atom stereocenters. The summed E-state index contributed by atoms with van der Waals surface area (Å²) in [6, 6.07) is 2.67. The number of rotatable bonds is 4. The average Bonchev–Trinajstić information content (AvgIpc) is 3.29. The van der Waals surface area contributed by atoms with Crippen LogP contribution in [0.15, 0.2) is 17.2 Å². The molecule has 1 aliphatic heterocycles. The van der Waals surface area contributed by atoms with E-state index in [4.69, 9.17) is 0 Å². The molecule has 112 valence electrons. The first-order chi connectivity index (χ1) is 10.3. The predicted octanol–water partition coefficient (Wildman–Crippen LogP) is 0.386. The Morgan fingerprint density at radius 2 is 2.10 bits per heavy atom. The maximum absolute atomic E-state index is 11.4. The summed E-state index contributed by atoms with van der Waals surface area (Å²) in [5, 5.41) is 10.1. The summed E-state index contributed by atoms with van der Waals surface area (Å²) in [5.41, 5.74) is 0.386. The van der Waals surface area contributed by atoms with Gasteiger partial charge in [-0.1, -0.05) is 0 Å². The van der Waals surface area contributed by atoms with E-state index in [1.54, 1.807) is 6.33 Å². The van der Waals surface area contributed by atoms with Gasteiger partial charge >= 0.3 is 5.69 Å². The third kappa shape index (κ3) is 2.65. The molecule has 2 N–H and O–H groups in total. The number of nitrogens with zero attached hydrogens (tertiary/aromatic N) is 4. The molecule has 0 spiro atoms. The van der Waals surface area contributed by atoms with Gasteiger partial charge in [0.2, 0.25) is 0 Å². The van der Waals surface area contributed by atoms with Crippen LogP contribution >= 0.6 is 0 Å². The quantitative estimate of drug-likeness (QED) is 0.851. The van der Waals surface area contributed by atoms with E-state index in [1.165, 1.54) is 30.1 Å². The third-order valence-electron chi connectivity index (χ3n) is 4.51. The van der Waals surface area contributed by atoms with Crippen molar-refractivity contribution in [3.8, 4) is 0 Å². The van der Waals surface area contributed by atoms with Gasteiger partial charge in [0.05, 0.1) is 0 Å². The fraction of sp³-hybridized carbons (Fsp3) is 0.643. The number of aromatic nitrogens is 4. The van der Waals surface area contributed by atoms with E-state index in [0.29, 0.717) is 5.65 Å². The molecule has 7 nitrogen and oxygen atoms in total. The average molecular weight is 288 g/mol. The van der Waals surface area contributed by atoms with Crippen LogP contribution in [0, 0.1) is 5.92 Å². The number of piperidine rings is 1. The summed E-state index contributed by atoms with van der Waals surface area (Å²) in [5.74, 6) is 1.69. The second-order valence-electron chi connectivity index (χ2n) is 6.12. The van der Waals surface area contributed by atoms with Crippen molar-refractivity contribution in [2.45, 2.75) is 31.7 Å². The Morgan fingerprint density at radius 3 is 2.86 bits per heavy atom. The highest BCUT2D eigenvalue weighted by Crippen LogP contribution is 2.24. The minimum Gasteiger partial charge on any atom is -0.356 e. The standard InChI is InChI=1S/C14H20N6O/c21-14-18-17-13-7-12(16-9-20(13)14)19-5-3-10(4-6-19)8-15-11-1-2-11/h7,9-11,15H,1-6,8H2,(H,18,21). The highest BCUT2D eigenvalue weighted by atomic mass is 16.1. The number of nitrogens with one attached hydrogen (secondary N) is 2. The van der Waals surface area contributed by atoms with Crippen molar-refractivity contribution in [1.82, 2.24) is 24.9 Å². The summed E-state index contributed by atoms with van der Waals surface area (Å²) in [6.45, 7) is 3.20. The summed E-state index contributed by atoms with van der Waals surface area (Å²) in [6.07, 6.45) is 6.65. The monoisotopic (exact) mass is 288 g/mol. The molecule has 1 saturated carbocycles. The highest BCUT2D eigenvalue weighted by Gasteiger charge is 2.24. The molecule has 7 heteroatoms. The van der Waals surface area contributed by atoms with Gasteiger partial charge in [-0.15, -0.1) is 0 Å². The fourth-order valence-corrected chi connectivity index (χ4v) is 2.96. The molecule has 0 unspecified atom stereocenters. The molecule has 2 aromatic heterocycles. The SMILES string of the molecule is O=c1[nH]nc2cc(N3CCC(CNC4CC4)CC3)ncn12. The van der Waals surface area contributed by atoms with Crippen LogP contribution in [0.4, 0.5) is 5.82 Å². The van der Waals surface area contributed by atoms with Crippen molar-refractivity contribution in [2.75, 3.05) is 24.5 Å². The molecule has 2 aliphatic rings. The molecule has 2 aromatic rings. The molecule has 21 heavy (non-hydrogen) atoms. The lowest BCUT2D eigenvalue weighted by atomic mass is 9.97. The van der Waals surface area contributed by atoms with Crippen molar-refractivity contribution in [1.29, 1.82) is 0 Å². The van der Waals surface area contributed by atoms with Crippen LogP contribution in [-0.2, 0) is 0 Å². The van der Waals surface area contributed by atoms with Crippen LogP contribution in [0.2, 0.25) is 0 Å². The maximum atomic E-state index is 11.4. The zero-order chi connectivity index (χ0) is 14.2. The van der Waals surface area contributed by atoms with E-state index in [1.807, 2.05) is 6.07 Å². The summed E-state index contributed by atoms with van der Waals surface area (Å²) >= 11 is 0. The van der Waals surface area contributed by atoms with Crippen molar-refractivity contribution in [2.24, 2.45) is 5.92 Å². The van der Waals surface area contributed by atoms with Crippen LogP contribution in [0.3, 0.4) is 0 Å². The lowest BCUT2D eigenvalue weighted by molar-refractivity contribution is 0.381. The number of hydrogen-bond donors (Lipinski definition) is 2. The van der Waals surface area contributed by atoms with E-state index in [0.717, 1.165) is 37.4 Å². The van der Waals surface area contributed by atoms with Gasteiger partial charge in [-0.25, -0.2) is 19.3 Å².